The lowest BCUT2D eigenvalue weighted by molar-refractivity contribution is 0.319. The zero-order chi connectivity index (χ0) is 16.0. The molecule has 0 amide bonds. The lowest BCUT2D eigenvalue weighted by atomic mass is 9.84. The van der Waals surface area contributed by atoms with Crippen LogP contribution in [0.3, 0.4) is 0 Å². The van der Waals surface area contributed by atoms with E-state index in [-0.39, 0.29) is 5.41 Å². The molecular formula is C17H26N4S. The SMILES string of the molecule is CCN=C(NSc1cccc(C)c1)N1CC(CC)(CC)C=N1. The van der Waals surface area contributed by atoms with Crippen molar-refractivity contribution in [3.8, 4) is 0 Å². The van der Waals surface area contributed by atoms with E-state index in [0.717, 1.165) is 31.9 Å². The molecule has 0 atom stereocenters. The Hall–Kier alpha value is -1.49. The van der Waals surface area contributed by atoms with Gasteiger partial charge in [0.05, 0.1) is 6.54 Å². The van der Waals surface area contributed by atoms with Crippen molar-refractivity contribution in [2.45, 2.75) is 45.4 Å². The molecule has 0 spiro atoms. The number of rotatable bonds is 5. The van der Waals surface area contributed by atoms with Crippen molar-refractivity contribution in [2.75, 3.05) is 13.1 Å². The summed E-state index contributed by atoms with van der Waals surface area (Å²) in [5.74, 6) is 0.842. The van der Waals surface area contributed by atoms with Crippen LogP contribution in [0.4, 0.5) is 0 Å². The molecule has 22 heavy (non-hydrogen) atoms. The summed E-state index contributed by atoms with van der Waals surface area (Å²) in [6, 6.07) is 8.44. The zero-order valence-corrected chi connectivity index (χ0v) is 14.8. The van der Waals surface area contributed by atoms with Crippen molar-refractivity contribution in [1.29, 1.82) is 0 Å². The topological polar surface area (TPSA) is 40.0 Å². The summed E-state index contributed by atoms with van der Waals surface area (Å²) in [7, 11) is 0. The lowest BCUT2D eigenvalue weighted by Gasteiger charge is -2.25. The average molecular weight is 318 g/mol. The van der Waals surface area contributed by atoms with Crippen LogP contribution in [0.2, 0.25) is 0 Å². The van der Waals surface area contributed by atoms with Crippen LogP contribution >= 0.6 is 11.9 Å². The van der Waals surface area contributed by atoms with Crippen LogP contribution in [0.25, 0.3) is 0 Å². The molecule has 120 valence electrons. The van der Waals surface area contributed by atoms with Crippen molar-refractivity contribution >= 4 is 24.1 Å². The van der Waals surface area contributed by atoms with Gasteiger partial charge in [0.25, 0.3) is 0 Å². The van der Waals surface area contributed by atoms with E-state index in [2.05, 4.69) is 66.1 Å². The van der Waals surface area contributed by atoms with E-state index in [1.54, 1.807) is 11.9 Å². The van der Waals surface area contributed by atoms with Crippen molar-refractivity contribution in [3.63, 3.8) is 0 Å². The summed E-state index contributed by atoms with van der Waals surface area (Å²) >= 11 is 1.59. The minimum absolute atomic E-state index is 0.185. The van der Waals surface area contributed by atoms with Gasteiger partial charge in [0, 0.05) is 23.1 Å². The Labute approximate surface area is 138 Å². The molecule has 0 aromatic heterocycles. The number of hydrogen-bond donors (Lipinski definition) is 1. The second-order valence-electron chi connectivity index (χ2n) is 5.69. The fraction of sp³-hybridized carbons (Fsp3) is 0.529. The van der Waals surface area contributed by atoms with Crippen LogP contribution in [-0.4, -0.2) is 30.3 Å². The van der Waals surface area contributed by atoms with Gasteiger partial charge in [-0.1, -0.05) is 26.0 Å². The third-order valence-corrected chi connectivity index (χ3v) is 4.92. The summed E-state index contributed by atoms with van der Waals surface area (Å²) in [6.07, 6.45) is 4.30. The van der Waals surface area contributed by atoms with Crippen molar-refractivity contribution in [3.05, 3.63) is 29.8 Å². The standard InChI is InChI=1S/C17H26N4S/c1-5-17(6-2)12-19-21(13-17)16(18-7-3)20-22-15-10-8-9-14(4)11-15/h8-12H,5-7,13H2,1-4H3,(H,18,20). The summed E-state index contributed by atoms with van der Waals surface area (Å²) in [5.41, 5.74) is 1.44. The zero-order valence-electron chi connectivity index (χ0n) is 14.0. The highest BCUT2D eigenvalue weighted by Gasteiger charge is 2.33. The maximum Gasteiger partial charge on any atom is 0.225 e. The van der Waals surface area contributed by atoms with Gasteiger partial charge in [0.2, 0.25) is 5.96 Å². The van der Waals surface area contributed by atoms with Crippen molar-refractivity contribution in [1.82, 2.24) is 9.73 Å². The van der Waals surface area contributed by atoms with Gasteiger partial charge in [-0.2, -0.15) is 5.10 Å². The molecule has 1 heterocycles. The molecule has 0 saturated heterocycles. The number of aryl methyl sites for hydroxylation is 1. The Kier molecular flexibility index (Phi) is 5.89. The van der Waals surface area contributed by atoms with Gasteiger partial charge >= 0.3 is 0 Å². The second kappa shape index (κ2) is 7.68. The molecule has 0 radical (unpaired) electrons. The number of nitrogens with zero attached hydrogens (tertiary/aromatic N) is 3. The highest BCUT2D eigenvalue weighted by atomic mass is 32.2. The maximum absolute atomic E-state index is 4.58. The van der Waals surface area contributed by atoms with Gasteiger partial charge in [-0.15, -0.1) is 0 Å². The molecule has 1 aromatic carbocycles. The van der Waals surface area contributed by atoms with E-state index in [1.165, 1.54) is 10.5 Å². The van der Waals surface area contributed by atoms with E-state index in [0.29, 0.717) is 0 Å². The summed E-state index contributed by atoms with van der Waals surface area (Å²) in [6.45, 7) is 10.3. The van der Waals surface area contributed by atoms with Gasteiger partial charge in [0.15, 0.2) is 0 Å². The molecule has 0 unspecified atom stereocenters. The van der Waals surface area contributed by atoms with E-state index < -0.39 is 0 Å². The predicted octanol–water partition coefficient (Wildman–Crippen LogP) is 4.08. The summed E-state index contributed by atoms with van der Waals surface area (Å²) in [5, 5.41) is 6.58. The monoisotopic (exact) mass is 318 g/mol. The first kappa shape index (κ1) is 16.9. The fourth-order valence-corrected chi connectivity index (χ4v) is 3.23. The molecular weight excluding hydrogens is 292 g/mol. The Balaban J connectivity index is 2.03. The Morgan fingerprint density at radius 3 is 2.73 bits per heavy atom. The number of hydrazone groups is 1. The number of guanidine groups is 1. The first-order valence-corrected chi connectivity index (χ1v) is 8.80. The molecule has 1 aliphatic rings. The van der Waals surface area contributed by atoms with E-state index in [1.807, 2.05) is 11.9 Å². The highest BCUT2D eigenvalue weighted by Crippen LogP contribution is 2.30. The summed E-state index contributed by atoms with van der Waals surface area (Å²) < 4.78 is 3.37. The number of aliphatic imine (C=N–C) groups is 1. The molecule has 5 heteroatoms. The number of benzene rings is 1. The van der Waals surface area contributed by atoms with Crippen molar-refractivity contribution < 1.29 is 0 Å². The van der Waals surface area contributed by atoms with E-state index >= 15 is 0 Å². The first-order valence-electron chi connectivity index (χ1n) is 7.99. The van der Waals surface area contributed by atoms with Crippen LogP contribution < -0.4 is 4.72 Å². The Morgan fingerprint density at radius 2 is 2.14 bits per heavy atom. The number of nitrogens with one attached hydrogen (secondary N) is 1. The Morgan fingerprint density at radius 1 is 1.36 bits per heavy atom. The third kappa shape index (κ3) is 4.03. The van der Waals surface area contributed by atoms with E-state index in [9.17, 15) is 0 Å². The quantitative estimate of drug-likeness (QED) is 0.505. The second-order valence-corrected chi connectivity index (χ2v) is 6.57. The minimum Gasteiger partial charge on any atom is -0.295 e. The molecule has 1 aromatic rings. The molecule has 0 fully saturated rings. The fourth-order valence-electron chi connectivity index (χ4n) is 2.46. The summed E-state index contributed by atoms with van der Waals surface area (Å²) in [4.78, 5) is 5.76. The molecule has 0 aliphatic carbocycles. The predicted molar refractivity (Wildman–Crippen MR) is 96.4 cm³/mol. The van der Waals surface area contributed by atoms with Crippen LogP contribution in [0.15, 0.2) is 39.3 Å². The van der Waals surface area contributed by atoms with Gasteiger partial charge in [-0.25, -0.2) is 5.01 Å². The third-order valence-electron chi connectivity index (χ3n) is 4.15. The van der Waals surface area contributed by atoms with Crippen LogP contribution in [0.1, 0.15) is 39.2 Å². The van der Waals surface area contributed by atoms with Gasteiger partial charge in [0.1, 0.15) is 0 Å². The van der Waals surface area contributed by atoms with Gasteiger partial charge in [-0.05, 0) is 56.3 Å². The first-order chi connectivity index (χ1) is 10.6. The average Bonchev–Trinajstić information content (AvgIpc) is 2.96. The van der Waals surface area contributed by atoms with Crippen LogP contribution in [0, 0.1) is 12.3 Å². The highest BCUT2D eigenvalue weighted by molar-refractivity contribution is 7.98. The molecule has 4 nitrogen and oxygen atoms in total. The van der Waals surface area contributed by atoms with E-state index in [4.69, 9.17) is 0 Å². The van der Waals surface area contributed by atoms with Crippen LogP contribution in [-0.2, 0) is 0 Å². The lowest BCUT2D eigenvalue weighted by Crippen LogP contribution is -2.37. The smallest absolute Gasteiger partial charge is 0.225 e. The maximum atomic E-state index is 4.58. The largest absolute Gasteiger partial charge is 0.295 e. The normalized spacial score (nSPS) is 17.1. The molecule has 0 saturated carbocycles. The Bertz CT molecular complexity index is 549. The molecule has 1 N–H and O–H groups in total. The van der Waals surface area contributed by atoms with Gasteiger partial charge < -0.3 is 0 Å². The minimum atomic E-state index is 0.185. The molecule has 0 bridgehead atoms. The molecule has 2 rings (SSSR count). The van der Waals surface area contributed by atoms with Crippen LogP contribution in [0.5, 0.6) is 0 Å². The number of hydrogen-bond acceptors (Lipinski definition) is 3. The molecule has 1 aliphatic heterocycles. The van der Waals surface area contributed by atoms with Gasteiger partial charge in [-0.3, -0.25) is 9.71 Å². The van der Waals surface area contributed by atoms with Crippen molar-refractivity contribution in [2.24, 2.45) is 15.5 Å².